The van der Waals surface area contributed by atoms with Gasteiger partial charge < -0.3 is 26.6 Å². The van der Waals surface area contributed by atoms with Gasteiger partial charge in [-0.25, -0.2) is 4.79 Å². The lowest BCUT2D eigenvalue weighted by molar-refractivity contribution is -0.144. The molecule has 1 aliphatic heterocycles. The number of nitrogens with two attached hydrogens (primary N) is 1. The highest BCUT2D eigenvalue weighted by atomic mass is 16.2. The van der Waals surface area contributed by atoms with Crippen molar-refractivity contribution in [3.8, 4) is 0 Å². The third-order valence-electron chi connectivity index (χ3n) is 9.00. The fraction of sp³-hybridized carbons (Fsp3) is 0.812. The quantitative estimate of drug-likeness (QED) is 0.250. The maximum atomic E-state index is 13.9. The topological polar surface area (TPSA) is 168 Å². The van der Waals surface area contributed by atoms with Crippen molar-refractivity contribution in [3.63, 3.8) is 0 Å². The fourth-order valence-electron chi connectivity index (χ4n) is 6.07. The summed E-state index contributed by atoms with van der Waals surface area (Å²) >= 11 is 0. The molecule has 5 N–H and O–H groups in total. The zero-order valence-electron chi connectivity index (χ0n) is 27.0. The average Bonchev–Trinajstić information content (AvgIpc) is 3.83. The summed E-state index contributed by atoms with van der Waals surface area (Å²) in [7, 11) is 0. The molecule has 5 amide bonds. The molecule has 1 saturated heterocycles. The fourth-order valence-corrected chi connectivity index (χ4v) is 6.07. The van der Waals surface area contributed by atoms with E-state index in [1.165, 1.54) is 11.3 Å². The number of carbonyl (C=O) groups excluding carboxylic acids is 6. The first-order valence-electron chi connectivity index (χ1n) is 16.2. The molecule has 242 valence electrons. The number of Topliss-reactive ketones (excluding diaryl/α,β-unsaturated/α-hetero) is 2. The van der Waals surface area contributed by atoms with E-state index in [0.717, 1.165) is 38.5 Å². The van der Waals surface area contributed by atoms with Gasteiger partial charge in [-0.05, 0) is 54.8 Å². The second-order valence-corrected chi connectivity index (χ2v) is 14.4. The van der Waals surface area contributed by atoms with Crippen molar-refractivity contribution in [2.24, 2.45) is 40.7 Å². The lowest BCUT2D eigenvalue weighted by atomic mass is 9.80. The number of hydrogen-bond acceptors (Lipinski definition) is 6. The molecule has 0 aromatic heterocycles. The van der Waals surface area contributed by atoms with E-state index in [0.29, 0.717) is 13.0 Å². The molecule has 0 aromatic rings. The molecule has 4 fully saturated rings. The second kappa shape index (κ2) is 14.2. The number of urea groups is 1. The van der Waals surface area contributed by atoms with Gasteiger partial charge >= 0.3 is 6.03 Å². The summed E-state index contributed by atoms with van der Waals surface area (Å²) in [6.07, 6.45) is 6.98. The van der Waals surface area contributed by atoms with Crippen LogP contribution in [0.4, 0.5) is 4.79 Å². The van der Waals surface area contributed by atoms with Gasteiger partial charge in [0.2, 0.25) is 17.6 Å². The van der Waals surface area contributed by atoms with E-state index in [2.05, 4.69) is 29.8 Å². The second-order valence-electron chi connectivity index (χ2n) is 14.4. The first-order valence-corrected chi connectivity index (χ1v) is 16.2. The van der Waals surface area contributed by atoms with Crippen molar-refractivity contribution in [2.45, 2.75) is 124 Å². The number of primary amides is 1. The van der Waals surface area contributed by atoms with Crippen molar-refractivity contribution >= 4 is 35.3 Å². The van der Waals surface area contributed by atoms with Crippen molar-refractivity contribution in [3.05, 3.63) is 0 Å². The van der Waals surface area contributed by atoms with Gasteiger partial charge in [0, 0.05) is 12.5 Å². The number of fused-ring (bicyclic) bond motifs is 1. The van der Waals surface area contributed by atoms with Crippen LogP contribution in [0.2, 0.25) is 0 Å². The maximum absolute atomic E-state index is 13.9. The van der Waals surface area contributed by atoms with E-state index in [1.807, 2.05) is 34.6 Å². The Morgan fingerprint density at radius 1 is 0.930 bits per heavy atom. The summed E-state index contributed by atoms with van der Waals surface area (Å²) in [6, 6.07) is -4.00. The minimum Gasteiger partial charge on any atom is -0.363 e. The van der Waals surface area contributed by atoms with Crippen LogP contribution in [0.5, 0.6) is 0 Å². The minimum absolute atomic E-state index is 0.0158. The number of amides is 5. The van der Waals surface area contributed by atoms with Crippen LogP contribution < -0.4 is 21.7 Å². The van der Waals surface area contributed by atoms with E-state index >= 15 is 0 Å². The molecule has 3 aliphatic carbocycles. The molecular formula is C32H53N5O6. The predicted molar refractivity (Wildman–Crippen MR) is 162 cm³/mol. The largest absolute Gasteiger partial charge is 0.363 e. The summed E-state index contributed by atoms with van der Waals surface area (Å²) < 4.78 is 0. The Balaban J connectivity index is 0.00000162. The lowest BCUT2D eigenvalue weighted by Gasteiger charge is -2.37. The van der Waals surface area contributed by atoms with Gasteiger partial charge in [-0.3, -0.25) is 24.0 Å². The SMILES string of the molecule is CC(C)C(NC(=O)NC(C(=O)N1CC2CC2C1C(=O)NC(CC1CCC1)C(=O)C(N)=O)C(C)(C)C)C(=O)C1CC1.CCC. The van der Waals surface area contributed by atoms with Crippen LogP contribution in [0, 0.1) is 35.0 Å². The molecule has 43 heavy (non-hydrogen) atoms. The summed E-state index contributed by atoms with van der Waals surface area (Å²) in [5, 5.41) is 8.33. The van der Waals surface area contributed by atoms with Crippen LogP contribution in [-0.4, -0.2) is 70.9 Å². The number of piperidine rings is 1. The van der Waals surface area contributed by atoms with E-state index < -0.39 is 53.2 Å². The van der Waals surface area contributed by atoms with Gasteiger partial charge in [0.05, 0.1) is 12.1 Å². The highest BCUT2D eigenvalue weighted by Gasteiger charge is 2.58. The van der Waals surface area contributed by atoms with Crippen molar-refractivity contribution in [1.29, 1.82) is 0 Å². The molecule has 0 aromatic carbocycles. The summed E-state index contributed by atoms with van der Waals surface area (Å²) in [5.41, 5.74) is 4.58. The van der Waals surface area contributed by atoms with E-state index in [-0.39, 0.29) is 41.3 Å². The van der Waals surface area contributed by atoms with Crippen molar-refractivity contribution in [2.75, 3.05) is 6.54 Å². The van der Waals surface area contributed by atoms with Gasteiger partial charge in [-0.15, -0.1) is 0 Å². The Kier molecular flexibility index (Phi) is 11.4. The van der Waals surface area contributed by atoms with Crippen LogP contribution in [-0.2, 0) is 24.0 Å². The number of nitrogens with zero attached hydrogens (tertiary/aromatic N) is 1. The first-order chi connectivity index (χ1) is 20.1. The monoisotopic (exact) mass is 603 g/mol. The van der Waals surface area contributed by atoms with E-state index in [9.17, 15) is 28.8 Å². The Morgan fingerprint density at radius 3 is 2.00 bits per heavy atom. The third-order valence-corrected chi connectivity index (χ3v) is 9.00. The van der Waals surface area contributed by atoms with Gasteiger partial charge in [0.25, 0.3) is 5.91 Å². The molecule has 0 spiro atoms. The molecule has 0 bridgehead atoms. The van der Waals surface area contributed by atoms with Crippen LogP contribution in [0.25, 0.3) is 0 Å². The minimum atomic E-state index is -1.09. The van der Waals surface area contributed by atoms with Gasteiger partial charge in [0.15, 0.2) is 5.78 Å². The summed E-state index contributed by atoms with van der Waals surface area (Å²) in [6.45, 7) is 13.9. The molecule has 6 unspecified atom stereocenters. The van der Waals surface area contributed by atoms with E-state index in [1.54, 1.807) is 0 Å². The zero-order chi connectivity index (χ0) is 32.2. The molecule has 11 nitrogen and oxygen atoms in total. The molecule has 6 atom stereocenters. The Hall–Kier alpha value is -2.98. The number of carbonyl (C=O) groups is 6. The third kappa shape index (κ3) is 8.79. The Labute approximate surface area is 256 Å². The van der Waals surface area contributed by atoms with E-state index in [4.69, 9.17) is 5.73 Å². The van der Waals surface area contributed by atoms with Crippen molar-refractivity contribution in [1.82, 2.24) is 20.9 Å². The molecule has 3 saturated carbocycles. The molecule has 0 radical (unpaired) electrons. The predicted octanol–water partition coefficient (Wildman–Crippen LogP) is 2.70. The number of nitrogens with one attached hydrogen (secondary N) is 3. The maximum Gasteiger partial charge on any atom is 0.316 e. The van der Waals surface area contributed by atoms with Crippen LogP contribution in [0.1, 0.15) is 99.8 Å². The normalized spacial score (nSPS) is 24.7. The van der Waals surface area contributed by atoms with Crippen LogP contribution >= 0.6 is 0 Å². The zero-order valence-corrected chi connectivity index (χ0v) is 27.0. The molecule has 1 heterocycles. The number of likely N-dealkylation sites (tertiary alicyclic amines) is 1. The standard InChI is InChI=1S/C29H45N5O6.C3H8/c1-14(2)20(22(35)16-9-10-16)32-28(40)33-24(29(3,4)5)27(39)34-13-17-12-18(17)21(34)26(38)31-19(23(36)25(30)37)11-15-7-6-8-15;1-3-2/h14-21,24H,6-13H2,1-5H3,(H2,30,37)(H,31,38)(H2,32,33,40);3H2,1-2H3. The molecule has 4 aliphatic rings. The number of rotatable bonds is 12. The number of hydrogen-bond donors (Lipinski definition) is 4. The highest BCUT2D eigenvalue weighted by molar-refractivity contribution is 6.37. The Morgan fingerprint density at radius 2 is 1.53 bits per heavy atom. The molecular weight excluding hydrogens is 550 g/mol. The lowest BCUT2D eigenvalue weighted by Crippen LogP contribution is -2.62. The van der Waals surface area contributed by atoms with Crippen molar-refractivity contribution < 1.29 is 28.8 Å². The molecule has 11 heteroatoms. The van der Waals surface area contributed by atoms with Crippen LogP contribution in [0.15, 0.2) is 0 Å². The van der Waals surface area contributed by atoms with Gasteiger partial charge in [0.1, 0.15) is 12.1 Å². The molecule has 4 rings (SSSR count). The van der Waals surface area contributed by atoms with Gasteiger partial charge in [-0.2, -0.15) is 0 Å². The smallest absolute Gasteiger partial charge is 0.316 e. The Bertz CT molecular complexity index is 1080. The first kappa shape index (κ1) is 34.5. The summed E-state index contributed by atoms with van der Waals surface area (Å²) in [4.78, 5) is 79.0. The summed E-state index contributed by atoms with van der Waals surface area (Å²) in [5.74, 6) is -2.48. The van der Waals surface area contributed by atoms with Gasteiger partial charge in [-0.1, -0.05) is 74.1 Å². The average molecular weight is 604 g/mol. The van der Waals surface area contributed by atoms with Crippen LogP contribution in [0.3, 0.4) is 0 Å². The number of ketones is 2. The highest BCUT2D eigenvalue weighted by Crippen LogP contribution is 2.50.